The monoisotopic (exact) mass is 538 g/mol. The fourth-order valence-electron chi connectivity index (χ4n) is 5.96. The van der Waals surface area contributed by atoms with Gasteiger partial charge < -0.3 is 20.1 Å². The van der Waals surface area contributed by atoms with Crippen LogP contribution >= 0.6 is 11.6 Å². The molecule has 0 bridgehead atoms. The smallest absolute Gasteiger partial charge is 0.229 e. The first-order chi connectivity index (χ1) is 18.2. The van der Waals surface area contributed by atoms with Crippen LogP contribution in [0, 0.1) is 5.92 Å². The summed E-state index contributed by atoms with van der Waals surface area (Å²) in [6.07, 6.45) is 3.93. The van der Waals surface area contributed by atoms with E-state index in [1.807, 2.05) is 29.1 Å². The maximum absolute atomic E-state index is 13.0. The van der Waals surface area contributed by atoms with Crippen molar-refractivity contribution >= 4 is 39.8 Å². The van der Waals surface area contributed by atoms with Crippen LogP contribution in [0.5, 0.6) is 0 Å². The summed E-state index contributed by atoms with van der Waals surface area (Å²) in [5.41, 5.74) is 1.75. The van der Waals surface area contributed by atoms with Gasteiger partial charge in [-0.15, -0.1) is 0 Å². The predicted molar refractivity (Wildman–Crippen MR) is 148 cm³/mol. The van der Waals surface area contributed by atoms with Gasteiger partial charge in [-0.05, 0) is 56.8 Å². The minimum atomic E-state index is -0.470. The lowest BCUT2D eigenvalue weighted by atomic mass is 9.95. The molecule has 4 atom stereocenters. The molecule has 2 unspecified atom stereocenters. The van der Waals surface area contributed by atoms with E-state index >= 15 is 0 Å². The van der Waals surface area contributed by atoms with Gasteiger partial charge in [-0.25, -0.2) is 4.98 Å². The highest BCUT2D eigenvalue weighted by molar-refractivity contribution is 6.34. The SMILES string of the molecule is CC(C)n1nccc1C1CC1C(=O)Nc1cc2cc(N3CCN([C@@]4(C)COC[C@H]4O)CC3)c(Cl)cc2cn1. The lowest BCUT2D eigenvalue weighted by Gasteiger charge is -2.45. The topological polar surface area (TPSA) is 95.8 Å². The number of anilines is 2. The Kier molecular flexibility index (Phi) is 6.58. The predicted octanol–water partition coefficient (Wildman–Crippen LogP) is 3.68. The van der Waals surface area contributed by atoms with Crippen molar-refractivity contribution in [1.82, 2.24) is 19.7 Å². The van der Waals surface area contributed by atoms with Gasteiger partial charge in [0.25, 0.3) is 0 Å². The number of aromatic nitrogens is 3. The van der Waals surface area contributed by atoms with E-state index in [-0.39, 0.29) is 29.3 Å². The number of benzene rings is 1. The zero-order valence-corrected chi connectivity index (χ0v) is 22.9. The summed E-state index contributed by atoms with van der Waals surface area (Å²) < 4.78 is 7.54. The van der Waals surface area contributed by atoms with Gasteiger partial charge in [0.2, 0.25) is 5.91 Å². The standard InChI is InChI=1S/C28H35ClN6O3/c1-17(2)35-23(4-5-31-35)20-13-21(20)27(37)32-26-12-18-11-24(22(29)10-19(18)14-30-26)33-6-8-34(9-7-33)28(3)16-38-15-25(28)36/h4-5,10-12,14,17,20-21,25,36H,6-9,13,15-16H2,1-3H3,(H,30,32,37)/t20?,21?,25-,28+/m1/s1. The number of rotatable bonds is 6. The highest BCUT2D eigenvalue weighted by atomic mass is 35.5. The number of carbonyl (C=O) groups is 1. The summed E-state index contributed by atoms with van der Waals surface area (Å²) >= 11 is 6.70. The largest absolute Gasteiger partial charge is 0.389 e. The number of hydrogen-bond acceptors (Lipinski definition) is 7. The second kappa shape index (κ2) is 9.79. The minimum absolute atomic E-state index is 0.00441. The molecule has 2 saturated heterocycles. The minimum Gasteiger partial charge on any atom is -0.389 e. The molecule has 1 aromatic carbocycles. The summed E-state index contributed by atoms with van der Waals surface area (Å²) in [4.78, 5) is 22.1. The van der Waals surface area contributed by atoms with Gasteiger partial charge in [-0.3, -0.25) is 14.4 Å². The lowest BCUT2D eigenvalue weighted by Crippen LogP contribution is -2.60. The Hall–Kier alpha value is -2.72. The Morgan fingerprint density at radius 1 is 1.21 bits per heavy atom. The molecule has 6 rings (SSSR count). The molecule has 3 aliphatic rings. The zero-order valence-electron chi connectivity index (χ0n) is 22.1. The molecule has 38 heavy (non-hydrogen) atoms. The molecule has 0 spiro atoms. The fourth-order valence-corrected chi connectivity index (χ4v) is 6.25. The summed E-state index contributed by atoms with van der Waals surface area (Å²) in [5.74, 6) is 0.676. The number of pyridine rings is 1. The molecule has 4 heterocycles. The van der Waals surface area contributed by atoms with Gasteiger partial charge in [-0.1, -0.05) is 11.6 Å². The number of nitrogens with one attached hydrogen (secondary N) is 1. The van der Waals surface area contributed by atoms with Crippen molar-refractivity contribution in [2.45, 2.75) is 50.8 Å². The summed E-state index contributed by atoms with van der Waals surface area (Å²) in [6, 6.07) is 8.23. The van der Waals surface area contributed by atoms with Crippen LogP contribution in [0.3, 0.4) is 0 Å². The highest BCUT2D eigenvalue weighted by Crippen LogP contribution is 2.48. The Labute approximate surface area is 227 Å². The summed E-state index contributed by atoms with van der Waals surface area (Å²) in [5, 5.41) is 20.5. The third-order valence-electron chi connectivity index (χ3n) is 8.47. The second-order valence-electron chi connectivity index (χ2n) is 11.3. The van der Waals surface area contributed by atoms with E-state index in [2.05, 4.69) is 52.0 Å². The summed E-state index contributed by atoms with van der Waals surface area (Å²) in [6.45, 7) is 10.5. The highest BCUT2D eigenvalue weighted by Gasteiger charge is 2.46. The third-order valence-corrected chi connectivity index (χ3v) is 8.77. The molecule has 1 aliphatic carbocycles. The van der Waals surface area contributed by atoms with E-state index in [1.165, 1.54) is 0 Å². The van der Waals surface area contributed by atoms with Crippen LogP contribution in [0.15, 0.2) is 36.7 Å². The molecule has 10 heteroatoms. The number of halogens is 1. The van der Waals surface area contributed by atoms with E-state index in [0.29, 0.717) is 24.1 Å². The van der Waals surface area contributed by atoms with Crippen LogP contribution < -0.4 is 10.2 Å². The number of nitrogens with zero attached hydrogens (tertiary/aromatic N) is 5. The molecule has 0 radical (unpaired) electrons. The van der Waals surface area contributed by atoms with Crippen LogP contribution in [0.1, 0.15) is 44.8 Å². The van der Waals surface area contributed by atoms with Crippen molar-refractivity contribution in [2.24, 2.45) is 5.92 Å². The molecule has 1 saturated carbocycles. The molecule has 3 aromatic rings. The molecule has 2 N–H and O–H groups in total. The van der Waals surface area contributed by atoms with E-state index < -0.39 is 6.10 Å². The molecular weight excluding hydrogens is 504 g/mol. The first-order valence-electron chi connectivity index (χ1n) is 13.4. The molecule has 2 aliphatic heterocycles. The van der Waals surface area contributed by atoms with Gasteiger partial charge in [-0.2, -0.15) is 5.10 Å². The van der Waals surface area contributed by atoms with Crippen LogP contribution in [0.2, 0.25) is 5.02 Å². The maximum Gasteiger partial charge on any atom is 0.229 e. The van der Waals surface area contributed by atoms with Gasteiger partial charge >= 0.3 is 0 Å². The second-order valence-corrected chi connectivity index (χ2v) is 11.7. The van der Waals surface area contributed by atoms with Crippen molar-refractivity contribution < 1.29 is 14.6 Å². The van der Waals surface area contributed by atoms with Gasteiger partial charge in [0, 0.05) is 67.5 Å². The zero-order chi connectivity index (χ0) is 26.6. The van der Waals surface area contributed by atoms with Gasteiger partial charge in [0.05, 0.1) is 35.6 Å². The maximum atomic E-state index is 13.0. The van der Waals surface area contributed by atoms with Crippen molar-refractivity contribution in [3.8, 4) is 0 Å². The van der Waals surface area contributed by atoms with E-state index in [9.17, 15) is 9.90 Å². The van der Waals surface area contributed by atoms with E-state index in [4.69, 9.17) is 16.3 Å². The Morgan fingerprint density at radius 3 is 2.71 bits per heavy atom. The van der Waals surface area contributed by atoms with Crippen LogP contribution in [-0.2, 0) is 9.53 Å². The van der Waals surface area contributed by atoms with Crippen molar-refractivity contribution in [3.05, 3.63) is 47.4 Å². The molecule has 202 valence electrons. The molecule has 9 nitrogen and oxygen atoms in total. The average molecular weight is 539 g/mol. The average Bonchev–Trinajstić information content (AvgIpc) is 3.40. The molecular formula is C28H35ClN6O3. The molecule has 1 amide bonds. The van der Waals surface area contributed by atoms with Crippen LogP contribution in [-0.4, -0.2) is 81.7 Å². The number of ether oxygens (including phenoxy) is 1. The third kappa shape index (κ3) is 4.55. The van der Waals surface area contributed by atoms with Crippen molar-refractivity contribution in [2.75, 3.05) is 49.6 Å². The lowest BCUT2D eigenvalue weighted by molar-refractivity contribution is -0.117. The molecule has 3 fully saturated rings. The van der Waals surface area contributed by atoms with E-state index in [0.717, 1.165) is 54.8 Å². The number of amides is 1. The number of carbonyl (C=O) groups excluding carboxylic acids is 1. The number of fused-ring (bicyclic) bond motifs is 1. The van der Waals surface area contributed by atoms with Crippen molar-refractivity contribution in [3.63, 3.8) is 0 Å². The number of hydrogen-bond donors (Lipinski definition) is 2. The van der Waals surface area contributed by atoms with Crippen LogP contribution in [0.25, 0.3) is 10.8 Å². The first-order valence-corrected chi connectivity index (χ1v) is 13.8. The van der Waals surface area contributed by atoms with Gasteiger partial charge in [0.1, 0.15) is 5.82 Å². The summed E-state index contributed by atoms with van der Waals surface area (Å²) in [7, 11) is 0. The molecule has 2 aromatic heterocycles. The number of aliphatic hydroxyl groups excluding tert-OH is 1. The van der Waals surface area contributed by atoms with E-state index in [1.54, 1.807) is 6.20 Å². The Bertz CT molecular complexity index is 1350. The normalized spacial score (nSPS) is 27.8. The Balaban J connectivity index is 1.14. The Morgan fingerprint density at radius 2 is 2.00 bits per heavy atom. The number of aliphatic hydroxyl groups is 1. The quantitative estimate of drug-likeness (QED) is 0.494. The first kappa shape index (κ1) is 25.6. The fraction of sp³-hybridized carbons (Fsp3) is 0.536. The van der Waals surface area contributed by atoms with Gasteiger partial charge in [0.15, 0.2) is 0 Å². The van der Waals surface area contributed by atoms with Crippen molar-refractivity contribution in [1.29, 1.82) is 0 Å². The van der Waals surface area contributed by atoms with Crippen LogP contribution in [0.4, 0.5) is 11.5 Å². The number of piperazine rings is 1.